The minimum absolute atomic E-state index is 0.00378. The van der Waals surface area contributed by atoms with Crippen LogP contribution in [0.3, 0.4) is 0 Å². The molecule has 2 heterocycles. The first-order valence-corrected chi connectivity index (χ1v) is 15.5. The Morgan fingerprint density at radius 3 is 2.41 bits per heavy atom. The molecule has 1 aliphatic heterocycles. The third-order valence-electron chi connectivity index (χ3n) is 7.12. The second-order valence-electron chi connectivity index (χ2n) is 10.2. The molecule has 3 aromatic carbocycles. The first-order valence-electron chi connectivity index (χ1n) is 14.1. The van der Waals surface area contributed by atoms with Crippen LogP contribution in [0.2, 0.25) is 0 Å². The van der Waals surface area contributed by atoms with Crippen molar-refractivity contribution >= 4 is 33.7 Å². The van der Waals surface area contributed by atoms with Crippen molar-refractivity contribution in [3.8, 4) is 17.0 Å². The van der Waals surface area contributed by atoms with Gasteiger partial charge < -0.3 is 24.7 Å². The van der Waals surface area contributed by atoms with Gasteiger partial charge in [-0.2, -0.15) is 8.42 Å². The molecule has 1 aromatic heterocycles. The Kier molecular flexibility index (Phi) is 10.00. The fraction of sp³-hybridized carbons (Fsp3) is 0.258. The molecule has 0 saturated carbocycles. The van der Waals surface area contributed by atoms with Crippen LogP contribution in [0.15, 0.2) is 90.1 Å². The molecule has 5 rings (SSSR count). The summed E-state index contributed by atoms with van der Waals surface area (Å²) >= 11 is 0. The van der Waals surface area contributed by atoms with Crippen LogP contribution in [-0.2, 0) is 19.7 Å². The van der Waals surface area contributed by atoms with Gasteiger partial charge in [-0.05, 0) is 74.1 Å². The van der Waals surface area contributed by atoms with Gasteiger partial charge in [0.1, 0.15) is 28.6 Å². The van der Waals surface area contributed by atoms with Crippen LogP contribution >= 0.6 is 0 Å². The van der Waals surface area contributed by atoms with Crippen molar-refractivity contribution < 1.29 is 27.2 Å². The highest BCUT2D eigenvalue weighted by Gasteiger charge is 2.29. The molecule has 0 atom stereocenters. The average molecular weight is 621 g/mol. The summed E-state index contributed by atoms with van der Waals surface area (Å²) in [5.41, 5.74) is 2.15. The summed E-state index contributed by atoms with van der Waals surface area (Å²) in [5.74, 6) is 0.333. The quantitative estimate of drug-likeness (QED) is 0.132. The lowest BCUT2D eigenvalue weighted by molar-refractivity contribution is -0.128. The number of aromatic nitrogens is 2. The largest absolute Gasteiger partial charge is 0.494 e. The fourth-order valence-electron chi connectivity index (χ4n) is 4.71. The van der Waals surface area contributed by atoms with Gasteiger partial charge in [-0.25, -0.2) is 14.4 Å². The minimum atomic E-state index is -4.52. The Hall–Kier alpha value is -4.59. The predicted molar refractivity (Wildman–Crippen MR) is 164 cm³/mol. The maximum absolute atomic E-state index is 14.2. The third-order valence-corrected chi connectivity index (χ3v) is 8.74. The van der Waals surface area contributed by atoms with Crippen LogP contribution in [0.5, 0.6) is 5.75 Å². The molecule has 0 unspecified atom stereocenters. The van der Waals surface area contributed by atoms with E-state index >= 15 is 0 Å². The van der Waals surface area contributed by atoms with Crippen molar-refractivity contribution in [2.75, 3.05) is 56.2 Å². The molecule has 4 aromatic rings. The Morgan fingerprint density at radius 1 is 0.977 bits per heavy atom. The lowest BCUT2D eigenvalue weighted by Gasteiger charge is -2.32. The molecule has 1 saturated heterocycles. The van der Waals surface area contributed by atoms with E-state index in [1.165, 1.54) is 30.6 Å². The monoisotopic (exact) mass is 620 g/mol. The Balaban J connectivity index is 1.19. The highest BCUT2D eigenvalue weighted by molar-refractivity contribution is 7.92. The van der Waals surface area contributed by atoms with E-state index in [1.54, 1.807) is 18.2 Å². The topological polar surface area (TPSA) is 117 Å². The molecule has 1 fully saturated rings. The van der Waals surface area contributed by atoms with Crippen LogP contribution in [-0.4, -0.2) is 81.0 Å². The van der Waals surface area contributed by atoms with Crippen molar-refractivity contribution in [3.05, 3.63) is 91.0 Å². The molecule has 44 heavy (non-hydrogen) atoms. The molecule has 0 amide bonds. The summed E-state index contributed by atoms with van der Waals surface area (Å²) in [6.07, 6.45) is 2.41. The zero-order chi connectivity index (χ0) is 30.9. The van der Waals surface area contributed by atoms with Gasteiger partial charge in [0, 0.05) is 50.0 Å². The summed E-state index contributed by atoms with van der Waals surface area (Å²) in [6.45, 7) is 6.06. The summed E-state index contributed by atoms with van der Waals surface area (Å²) in [7, 11) is -2.37. The van der Waals surface area contributed by atoms with Gasteiger partial charge in [0.15, 0.2) is 0 Å². The van der Waals surface area contributed by atoms with Gasteiger partial charge in [0.2, 0.25) is 0 Å². The standard InChI is InChI=1S/C31H33FN6O5S/c1-36-16-18-37(19-17-36)15-4-20-42-27-13-7-24(8-14-27)29-21-31(34-22-33-29)35-25-9-11-26(12-10-25)38(43-23-39)44(40,41)30-6-3-2-5-28(30)32/h2-3,5-14,21-23H,4,15-20H2,1H3,(H,33,34,35). The number of sulfonamides is 1. The van der Waals surface area contributed by atoms with Crippen molar-refractivity contribution in [1.29, 1.82) is 0 Å². The highest BCUT2D eigenvalue weighted by Crippen LogP contribution is 2.28. The minimum Gasteiger partial charge on any atom is -0.494 e. The lowest BCUT2D eigenvalue weighted by Crippen LogP contribution is -2.44. The number of halogens is 1. The number of nitrogens with zero attached hydrogens (tertiary/aromatic N) is 5. The van der Waals surface area contributed by atoms with Gasteiger partial charge in [-0.3, -0.25) is 4.79 Å². The molecular weight excluding hydrogens is 587 g/mol. The maximum Gasteiger partial charge on any atom is 0.322 e. The number of piperazine rings is 1. The van der Waals surface area contributed by atoms with Crippen molar-refractivity contribution in [2.24, 2.45) is 0 Å². The van der Waals surface area contributed by atoms with E-state index in [0.29, 0.717) is 28.3 Å². The SMILES string of the molecule is CN1CCN(CCCOc2ccc(-c3cc(Nc4ccc(N(OC=O)S(=O)(=O)c5ccccc5F)cc4)ncn3)cc2)CC1. The van der Waals surface area contributed by atoms with Crippen LogP contribution in [0.25, 0.3) is 11.3 Å². The van der Waals surface area contributed by atoms with Crippen LogP contribution in [0.4, 0.5) is 21.6 Å². The van der Waals surface area contributed by atoms with E-state index in [9.17, 15) is 17.6 Å². The Bertz CT molecular complexity index is 1650. The Labute approximate surface area is 255 Å². The first kappa shape index (κ1) is 30.9. The van der Waals surface area contributed by atoms with Crippen LogP contribution < -0.4 is 14.5 Å². The van der Waals surface area contributed by atoms with Gasteiger partial charge in [0.25, 0.3) is 10.0 Å². The second kappa shape index (κ2) is 14.3. The van der Waals surface area contributed by atoms with Gasteiger partial charge in [-0.15, -0.1) is 0 Å². The number of ether oxygens (including phenoxy) is 1. The summed E-state index contributed by atoms with van der Waals surface area (Å²) in [6, 6.07) is 20.3. The van der Waals surface area contributed by atoms with Crippen molar-refractivity contribution in [2.45, 2.75) is 11.3 Å². The molecule has 0 spiro atoms. The number of benzene rings is 3. The normalized spacial score (nSPS) is 14.1. The number of anilines is 3. The zero-order valence-corrected chi connectivity index (χ0v) is 25.0. The van der Waals surface area contributed by atoms with Gasteiger partial charge in [-0.1, -0.05) is 16.6 Å². The van der Waals surface area contributed by atoms with E-state index in [-0.39, 0.29) is 12.2 Å². The maximum atomic E-state index is 14.2. The molecule has 13 heteroatoms. The molecular formula is C31H33FN6O5S. The summed E-state index contributed by atoms with van der Waals surface area (Å²) in [5, 5.41) is 3.15. The number of nitrogens with one attached hydrogen (secondary N) is 1. The van der Waals surface area contributed by atoms with Crippen LogP contribution in [0, 0.1) is 5.82 Å². The number of carbonyl (C=O) groups is 1. The molecule has 1 aliphatic rings. The molecule has 0 bridgehead atoms. The van der Waals surface area contributed by atoms with Crippen molar-refractivity contribution in [3.63, 3.8) is 0 Å². The first-order chi connectivity index (χ1) is 21.3. The fourth-order valence-corrected chi connectivity index (χ4v) is 6.00. The second-order valence-corrected chi connectivity index (χ2v) is 11.9. The smallest absolute Gasteiger partial charge is 0.322 e. The average Bonchev–Trinajstić information content (AvgIpc) is 3.04. The molecule has 1 N–H and O–H groups in total. The molecule has 230 valence electrons. The Morgan fingerprint density at radius 2 is 1.70 bits per heavy atom. The van der Waals surface area contributed by atoms with Gasteiger partial charge in [0.05, 0.1) is 18.0 Å². The predicted octanol–water partition coefficient (Wildman–Crippen LogP) is 4.33. The number of hydrogen-bond acceptors (Lipinski definition) is 10. The summed E-state index contributed by atoms with van der Waals surface area (Å²) < 4.78 is 46.5. The third kappa shape index (κ3) is 7.67. The van der Waals surface area contributed by atoms with Crippen LogP contribution in [0.1, 0.15) is 6.42 Å². The lowest BCUT2D eigenvalue weighted by atomic mass is 10.1. The number of carbonyl (C=O) groups excluding carboxylic acids is 1. The van der Waals surface area contributed by atoms with E-state index < -0.39 is 20.7 Å². The summed E-state index contributed by atoms with van der Waals surface area (Å²) in [4.78, 5) is 28.7. The molecule has 11 nitrogen and oxygen atoms in total. The van der Waals surface area contributed by atoms with E-state index in [0.717, 1.165) is 62.6 Å². The van der Waals surface area contributed by atoms with E-state index in [2.05, 4.69) is 32.1 Å². The molecule has 0 radical (unpaired) electrons. The molecule has 0 aliphatic carbocycles. The van der Waals surface area contributed by atoms with E-state index in [4.69, 9.17) is 9.57 Å². The van der Waals surface area contributed by atoms with Gasteiger partial charge >= 0.3 is 6.47 Å². The van der Waals surface area contributed by atoms with Crippen molar-refractivity contribution in [1.82, 2.24) is 19.8 Å². The number of hydrogen-bond donors (Lipinski definition) is 1. The highest BCUT2D eigenvalue weighted by atomic mass is 32.2. The zero-order valence-electron chi connectivity index (χ0n) is 24.2. The number of rotatable bonds is 13. The number of likely N-dealkylation sites (N-methyl/N-ethyl adjacent to an activating group) is 1. The van der Waals surface area contributed by atoms with E-state index in [1.807, 2.05) is 24.3 Å².